The molecular weight excluding hydrogens is 312 g/mol. The molecule has 1 aliphatic carbocycles. The normalized spacial score (nSPS) is 12.4. The van der Waals surface area contributed by atoms with Crippen molar-refractivity contribution in [2.75, 3.05) is 7.05 Å². The zero-order valence-corrected chi connectivity index (χ0v) is 14.8. The minimum absolute atomic E-state index is 0.272. The van der Waals surface area contributed by atoms with Gasteiger partial charge in [0.05, 0.1) is 5.71 Å². The topological polar surface area (TPSA) is 58.5 Å². The molecule has 25 heavy (non-hydrogen) atoms. The Morgan fingerprint density at radius 1 is 0.880 bits per heavy atom. The average molecular weight is 334 g/mol. The molecule has 2 aromatic carbocycles. The highest BCUT2D eigenvalue weighted by atomic mass is 16.2. The van der Waals surface area contributed by atoms with E-state index in [9.17, 15) is 9.59 Å². The highest BCUT2D eigenvalue weighted by molar-refractivity contribution is 6.27. The number of nitrogens with one attached hydrogen (secondary N) is 1. The van der Waals surface area contributed by atoms with Gasteiger partial charge >= 0.3 is 0 Å². The first-order chi connectivity index (χ1) is 12.1. The molecule has 0 aromatic heterocycles. The van der Waals surface area contributed by atoms with Gasteiger partial charge in [0.2, 0.25) is 5.91 Å². The van der Waals surface area contributed by atoms with Crippen molar-refractivity contribution < 1.29 is 9.59 Å². The summed E-state index contributed by atoms with van der Waals surface area (Å²) < 4.78 is 0. The lowest BCUT2D eigenvalue weighted by Crippen LogP contribution is -2.44. The van der Waals surface area contributed by atoms with Gasteiger partial charge in [0, 0.05) is 18.2 Å². The number of hydrogen-bond acceptors (Lipinski definition) is 2. The molecule has 0 bridgehead atoms. The van der Waals surface area contributed by atoms with Crippen LogP contribution >= 0.6 is 0 Å². The lowest BCUT2D eigenvalue weighted by atomic mass is 9.80. The van der Waals surface area contributed by atoms with E-state index in [1.807, 2.05) is 62.4 Å². The molecule has 128 valence electrons. The second-order valence-corrected chi connectivity index (χ2v) is 6.23. The first-order valence-corrected chi connectivity index (χ1v) is 8.63. The van der Waals surface area contributed by atoms with Crippen LogP contribution in [0.2, 0.25) is 0 Å². The molecule has 4 nitrogen and oxygen atoms in total. The summed E-state index contributed by atoms with van der Waals surface area (Å²) in [5.41, 5.74) is 3.57. The van der Waals surface area contributed by atoms with E-state index in [2.05, 4.69) is 10.3 Å². The van der Waals surface area contributed by atoms with E-state index in [0.29, 0.717) is 18.6 Å². The van der Waals surface area contributed by atoms with Gasteiger partial charge in [-0.2, -0.15) is 0 Å². The van der Waals surface area contributed by atoms with Crippen molar-refractivity contribution in [3.8, 4) is 11.1 Å². The van der Waals surface area contributed by atoms with Gasteiger partial charge in [0.15, 0.2) is 0 Å². The third kappa shape index (κ3) is 2.58. The largest absolute Gasteiger partial charge is 0.358 e. The summed E-state index contributed by atoms with van der Waals surface area (Å²) in [5, 5.41) is 2.62. The zero-order chi connectivity index (χ0) is 18.0. The van der Waals surface area contributed by atoms with Gasteiger partial charge in [0.25, 0.3) is 5.91 Å². The molecule has 0 fully saturated rings. The van der Waals surface area contributed by atoms with Gasteiger partial charge in [-0.15, -0.1) is 0 Å². The summed E-state index contributed by atoms with van der Waals surface area (Å²) >= 11 is 0. The molecule has 0 saturated heterocycles. The van der Waals surface area contributed by atoms with Crippen LogP contribution in [-0.4, -0.2) is 24.6 Å². The van der Waals surface area contributed by atoms with Gasteiger partial charge in [-0.25, -0.2) is 4.99 Å². The Morgan fingerprint density at radius 3 is 1.72 bits per heavy atom. The number of nitrogens with zero attached hydrogens (tertiary/aromatic N) is 1. The van der Waals surface area contributed by atoms with Crippen molar-refractivity contribution in [3.63, 3.8) is 0 Å². The SMILES string of the molecule is CCC(CC)(C(=O)N=C1c2ccccc2-c2ccccc21)C(=O)NC. The molecule has 2 amide bonds. The molecule has 1 aliphatic rings. The summed E-state index contributed by atoms with van der Waals surface area (Å²) in [6.45, 7) is 3.71. The predicted molar refractivity (Wildman–Crippen MR) is 99.6 cm³/mol. The minimum atomic E-state index is -1.12. The smallest absolute Gasteiger partial charge is 0.261 e. The lowest BCUT2D eigenvalue weighted by molar-refractivity contribution is -0.141. The Labute approximate surface area is 148 Å². The van der Waals surface area contributed by atoms with Gasteiger partial charge in [0.1, 0.15) is 5.41 Å². The molecule has 4 heteroatoms. The Hall–Kier alpha value is -2.75. The summed E-state index contributed by atoms with van der Waals surface area (Å²) in [6.07, 6.45) is 0.837. The third-order valence-corrected chi connectivity index (χ3v) is 5.15. The van der Waals surface area contributed by atoms with Crippen LogP contribution in [0.25, 0.3) is 11.1 Å². The van der Waals surface area contributed by atoms with Crippen LogP contribution in [-0.2, 0) is 9.59 Å². The molecule has 2 aromatic rings. The maximum absolute atomic E-state index is 13.1. The molecule has 0 atom stereocenters. The predicted octanol–water partition coefficient (Wildman–Crippen LogP) is 3.58. The molecule has 1 N–H and O–H groups in total. The van der Waals surface area contributed by atoms with Crippen molar-refractivity contribution in [1.82, 2.24) is 5.32 Å². The highest BCUT2D eigenvalue weighted by Crippen LogP contribution is 2.37. The summed E-state index contributed by atoms with van der Waals surface area (Å²) in [5.74, 6) is -0.648. The number of carbonyl (C=O) groups excluding carboxylic acids is 2. The number of hydrogen-bond donors (Lipinski definition) is 1. The molecule has 0 unspecified atom stereocenters. The van der Waals surface area contributed by atoms with Crippen molar-refractivity contribution in [2.24, 2.45) is 10.4 Å². The molecule has 0 spiro atoms. The highest BCUT2D eigenvalue weighted by Gasteiger charge is 2.42. The second-order valence-electron chi connectivity index (χ2n) is 6.23. The lowest BCUT2D eigenvalue weighted by Gasteiger charge is -2.25. The Kier molecular flexibility index (Phi) is 4.53. The quantitative estimate of drug-likeness (QED) is 0.741. The summed E-state index contributed by atoms with van der Waals surface area (Å²) in [7, 11) is 1.56. The van der Waals surface area contributed by atoms with E-state index in [1.165, 1.54) is 0 Å². The fraction of sp³-hybridized carbons (Fsp3) is 0.286. The standard InChI is InChI=1S/C21H22N2O2/c1-4-21(5-2,19(24)22-3)20(25)23-18-16-12-8-6-10-14(16)15-11-7-9-13-17(15)18/h6-13H,4-5H2,1-3H3,(H,22,24). The molecule has 0 saturated carbocycles. The van der Waals surface area contributed by atoms with Crippen LogP contribution in [0.1, 0.15) is 37.8 Å². The molecule has 0 heterocycles. The summed E-state index contributed by atoms with van der Waals surface area (Å²) in [4.78, 5) is 29.9. The van der Waals surface area contributed by atoms with Crippen molar-refractivity contribution in [1.29, 1.82) is 0 Å². The van der Waals surface area contributed by atoms with Gasteiger partial charge < -0.3 is 5.32 Å². The molecule has 0 radical (unpaired) electrons. The number of rotatable bonds is 4. The van der Waals surface area contributed by atoms with Crippen molar-refractivity contribution in [2.45, 2.75) is 26.7 Å². The van der Waals surface area contributed by atoms with Gasteiger partial charge in [-0.3, -0.25) is 9.59 Å². The number of amides is 2. The first-order valence-electron chi connectivity index (χ1n) is 8.63. The fourth-order valence-electron chi connectivity index (χ4n) is 3.53. The Balaban J connectivity index is 2.15. The van der Waals surface area contributed by atoms with E-state index in [1.54, 1.807) is 7.05 Å². The van der Waals surface area contributed by atoms with E-state index in [4.69, 9.17) is 0 Å². The average Bonchev–Trinajstić information content (AvgIpc) is 2.97. The van der Waals surface area contributed by atoms with E-state index in [0.717, 1.165) is 22.3 Å². The number of aliphatic imine (C=N–C) groups is 1. The minimum Gasteiger partial charge on any atom is -0.358 e. The molecular formula is C21H22N2O2. The Morgan fingerprint density at radius 2 is 1.32 bits per heavy atom. The second kappa shape index (κ2) is 6.63. The van der Waals surface area contributed by atoms with Gasteiger partial charge in [-0.05, 0) is 24.0 Å². The third-order valence-electron chi connectivity index (χ3n) is 5.15. The van der Waals surface area contributed by atoms with Crippen molar-refractivity contribution >= 4 is 17.5 Å². The van der Waals surface area contributed by atoms with Crippen molar-refractivity contribution in [3.05, 3.63) is 59.7 Å². The maximum atomic E-state index is 13.1. The number of benzene rings is 2. The van der Waals surface area contributed by atoms with E-state index in [-0.39, 0.29) is 11.8 Å². The van der Waals surface area contributed by atoms with Crippen LogP contribution < -0.4 is 5.32 Å². The number of carbonyl (C=O) groups is 2. The molecule has 3 rings (SSSR count). The maximum Gasteiger partial charge on any atom is 0.261 e. The number of fused-ring (bicyclic) bond motifs is 3. The fourth-order valence-corrected chi connectivity index (χ4v) is 3.53. The van der Waals surface area contributed by atoms with Crippen LogP contribution in [0.3, 0.4) is 0 Å². The summed E-state index contributed by atoms with van der Waals surface area (Å²) in [6, 6.07) is 15.9. The van der Waals surface area contributed by atoms with Crippen LogP contribution in [0.4, 0.5) is 0 Å². The first kappa shape index (κ1) is 17.1. The van der Waals surface area contributed by atoms with Crippen LogP contribution in [0, 0.1) is 5.41 Å². The van der Waals surface area contributed by atoms with Gasteiger partial charge in [-0.1, -0.05) is 62.4 Å². The van der Waals surface area contributed by atoms with Crippen LogP contribution in [0.5, 0.6) is 0 Å². The monoisotopic (exact) mass is 334 g/mol. The zero-order valence-electron chi connectivity index (χ0n) is 14.8. The molecule has 0 aliphatic heterocycles. The van der Waals surface area contributed by atoms with E-state index < -0.39 is 5.41 Å². The Bertz CT molecular complexity index is 816. The van der Waals surface area contributed by atoms with Crippen LogP contribution in [0.15, 0.2) is 53.5 Å². The van der Waals surface area contributed by atoms with E-state index >= 15 is 0 Å².